The van der Waals surface area contributed by atoms with E-state index in [4.69, 9.17) is 0 Å². The van der Waals surface area contributed by atoms with Crippen molar-refractivity contribution in [3.05, 3.63) is 0 Å². The summed E-state index contributed by atoms with van der Waals surface area (Å²) in [5.74, 6) is 0. The van der Waals surface area contributed by atoms with Crippen LogP contribution in [-0.2, 0) is 0 Å². The Morgan fingerprint density at radius 1 is 0.500 bits per heavy atom. The van der Waals surface area contributed by atoms with Gasteiger partial charge < -0.3 is 0 Å². The molecule has 0 spiro atoms. The molecule has 0 aliphatic carbocycles. The fourth-order valence-electron chi connectivity index (χ4n) is 0. The molecule has 0 radical (unpaired) electrons. The molecule has 0 N–H and O–H groups in total. The summed E-state index contributed by atoms with van der Waals surface area (Å²) in [6.07, 6.45) is 0. The molecule has 0 rings (SSSR count). The molecule has 0 aromatic heterocycles. The predicted octanol–water partition coefficient (Wildman–Crippen LogP) is -3.13. The van der Waals surface area contributed by atoms with Crippen LogP contribution in [0.3, 0.4) is 0 Å². The van der Waals surface area contributed by atoms with Gasteiger partial charge >= 0.3 is 180 Å². The third-order valence-corrected chi connectivity index (χ3v) is 0. The molecule has 0 saturated carbocycles. The molecule has 0 unspecified atom stereocenters. The Hall–Kier alpha value is 5.78. The first-order chi connectivity index (χ1) is 0. The van der Waals surface area contributed by atoms with Gasteiger partial charge in [0.2, 0.25) is 0 Å². The van der Waals surface area contributed by atoms with Crippen LogP contribution in [0.5, 0.6) is 0 Å². The minimum absolute atomic E-state index is 0. The van der Waals surface area contributed by atoms with E-state index in [0.29, 0.717) is 0 Å². The van der Waals surface area contributed by atoms with E-state index in [1.165, 1.54) is 0 Å². The Labute approximate surface area is 173 Å². The Balaban J connectivity index is 0. The fraction of sp³-hybridized carbons (Fsp3) is 0. The monoisotopic (exact) mass is 238 g/mol. The van der Waals surface area contributed by atoms with Crippen molar-refractivity contribution >= 4 is 180 Å². The third kappa shape index (κ3) is 10.7. The van der Waals surface area contributed by atoms with E-state index in [1.54, 1.807) is 0 Å². The van der Waals surface area contributed by atoms with Crippen molar-refractivity contribution in [1.29, 1.82) is 0 Å². The van der Waals surface area contributed by atoms with Crippen LogP contribution < -0.4 is 0 Å². The van der Waals surface area contributed by atoms with E-state index in [1.807, 2.05) is 0 Å². The Kier molecular flexibility index (Phi) is 89.7. The summed E-state index contributed by atoms with van der Waals surface area (Å²) in [6, 6.07) is 0. The second-order valence-corrected chi connectivity index (χ2v) is 0. The molecule has 0 aliphatic heterocycles. The summed E-state index contributed by atoms with van der Waals surface area (Å²) in [4.78, 5) is 0. The van der Waals surface area contributed by atoms with Crippen LogP contribution in [0.25, 0.3) is 0 Å². The zero-order valence-corrected chi connectivity index (χ0v) is 0. The van der Waals surface area contributed by atoms with Gasteiger partial charge in [-0.25, -0.2) is 0 Å². The van der Waals surface area contributed by atoms with Crippen LogP contribution in [0.1, 0.15) is 0 Å². The number of rotatable bonds is 0. The van der Waals surface area contributed by atoms with Crippen molar-refractivity contribution in [2.24, 2.45) is 0 Å². The van der Waals surface area contributed by atoms with Crippen molar-refractivity contribution in [2.75, 3.05) is 0 Å². The van der Waals surface area contributed by atoms with Gasteiger partial charge in [-0.05, 0) is 0 Å². The van der Waals surface area contributed by atoms with Crippen LogP contribution in [-0.4, -0.2) is 180 Å². The Morgan fingerprint density at radius 2 is 0.500 bits per heavy atom. The van der Waals surface area contributed by atoms with E-state index in [-0.39, 0.29) is 180 Å². The minimum atomic E-state index is 0. The topological polar surface area (TPSA) is 0 Å². The second kappa shape index (κ2) is 15.9. The van der Waals surface area contributed by atoms with Gasteiger partial charge in [-0.15, -0.1) is 0 Å². The van der Waals surface area contributed by atoms with Gasteiger partial charge in [0.1, 0.15) is 0 Å². The molecule has 12 valence electrons. The van der Waals surface area contributed by atoms with Crippen LogP contribution in [0.15, 0.2) is 0 Å². The third-order valence-electron chi connectivity index (χ3n) is 0. The number of hydrogen-bond donors (Lipinski definition) is 0. The molecule has 0 aromatic carbocycles. The van der Waals surface area contributed by atoms with Gasteiger partial charge in [0, 0.05) is 0 Å². The zero-order chi connectivity index (χ0) is 0. The van der Waals surface area contributed by atoms with Crippen LogP contribution in [0.4, 0.5) is 0 Å². The van der Waals surface area contributed by atoms with Gasteiger partial charge in [-0.1, -0.05) is 0 Å². The van der Waals surface area contributed by atoms with Crippen molar-refractivity contribution in [1.82, 2.24) is 0 Å². The second-order valence-electron chi connectivity index (χ2n) is 0. The first-order valence-corrected chi connectivity index (χ1v) is 0. The van der Waals surface area contributed by atoms with Crippen LogP contribution in [0, 0.1) is 0 Å². The molecule has 4 heavy (non-hydrogen) atoms. The molecular formula is H6InK3. The number of hydrogen-bond acceptors (Lipinski definition) is 0. The molecule has 0 atom stereocenters. The van der Waals surface area contributed by atoms with E-state index in [9.17, 15) is 0 Å². The summed E-state index contributed by atoms with van der Waals surface area (Å²) in [5.41, 5.74) is 0. The van der Waals surface area contributed by atoms with Crippen molar-refractivity contribution in [3.8, 4) is 0 Å². The zero-order valence-electron chi connectivity index (χ0n) is 0. The predicted molar refractivity (Wildman–Crippen MR) is 31.4 cm³/mol. The standard InChI is InChI=1S/In.3K.6H. The van der Waals surface area contributed by atoms with Gasteiger partial charge in [-0.2, -0.15) is 0 Å². The summed E-state index contributed by atoms with van der Waals surface area (Å²) < 4.78 is 0. The molecule has 0 fully saturated rings. The molecule has 0 bridgehead atoms. The fourth-order valence-corrected chi connectivity index (χ4v) is 0. The Bertz CT molecular complexity index is 3.25. The van der Waals surface area contributed by atoms with Crippen LogP contribution in [0.2, 0.25) is 0 Å². The van der Waals surface area contributed by atoms with Crippen LogP contribution >= 0.6 is 0 Å². The SMILES string of the molecule is [InH3].[KH].[KH].[KH]. The molecule has 0 heterocycles. The average Bonchev–Trinajstić information content (AvgIpc) is 0. The average molecular weight is 238 g/mol. The first kappa shape index (κ1) is 22.6. The Morgan fingerprint density at radius 3 is 0.500 bits per heavy atom. The summed E-state index contributed by atoms with van der Waals surface area (Å²) in [6.45, 7) is 0. The molecule has 0 saturated heterocycles. The maximum atomic E-state index is 0. The van der Waals surface area contributed by atoms with Gasteiger partial charge in [0.15, 0.2) is 0 Å². The van der Waals surface area contributed by atoms with Crippen molar-refractivity contribution in [2.45, 2.75) is 0 Å². The van der Waals surface area contributed by atoms with Crippen molar-refractivity contribution in [3.63, 3.8) is 0 Å². The normalized spacial score (nSPS) is 0. The maximum absolute atomic E-state index is 0. The molecule has 0 aliphatic rings. The molecule has 0 nitrogen and oxygen atoms in total. The van der Waals surface area contributed by atoms with Gasteiger partial charge in [-0.3, -0.25) is 0 Å². The first-order valence-electron chi connectivity index (χ1n) is 0. The molecular weight excluding hydrogens is 232 g/mol. The molecule has 0 aromatic rings. The van der Waals surface area contributed by atoms with E-state index < -0.39 is 0 Å². The summed E-state index contributed by atoms with van der Waals surface area (Å²) in [7, 11) is 0. The van der Waals surface area contributed by atoms with Crippen molar-refractivity contribution < 1.29 is 0 Å². The van der Waals surface area contributed by atoms with E-state index >= 15 is 0 Å². The quantitative estimate of drug-likeness (QED) is 0.392. The summed E-state index contributed by atoms with van der Waals surface area (Å²) >= 11 is 0. The van der Waals surface area contributed by atoms with Gasteiger partial charge in [0.25, 0.3) is 0 Å². The summed E-state index contributed by atoms with van der Waals surface area (Å²) in [5, 5.41) is 0. The molecule has 0 amide bonds. The van der Waals surface area contributed by atoms with E-state index in [2.05, 4.69) is 0 Å². The van der Waals surface area contributed by atoms with E-state index in [0.717, 1.165) is 0 Å². The van der Waals surface area contributed by atoms with Gasteiger partial charge in [0.05, 0.1) is 0 Å². The molecule has 4 heteroatoms.